The van der Waals surface area contributed by atoms with Crippen LogP contribution in [0.1, 0.15) is 72.7 Å². The third kappa shape index (κ3) is 6.02. The second kappa shape index (κ2) is 8.56. The maximum atomic E-state index is 5.72. The minimum Gasteiger partial charge on any atom is -0.395 e. The molecule has 1 aromatic heterocycles. The topological polar surface area (TPSA) is 68.4 Å². The second-order valence-corrected chi connectivity index (χ2v) is 10.6. The van der Waals surface area contributed by atoms with E-state index in [9.17, 15) is 0 Å². The molecular weight excluding hydrogens is 388 g/mol. The Bertz CT molecular complexity index is 956. The van der Waals surface area contributed by atoms with Gasteiger partial charge in [0.15, 0.2) is 0 Å². The van der Waals surface area contributed by atoms with E-state index in [0.717, 1.165) is 41.3 Å². The maximum Gasteiger partial charge on any atom is 0.125 e. The summed E-state index contributed by atoms with van der Waals surface area (Å²) in [6, 6.07) is 5.86. The van der Waals surface area contributed by atoms with E-state index in [2.05, 4.69) is 62.9 Å². The molecule has 2 aliphatic rings. The minimum atomic E-state index is -0.219. The third-order valence-corrected chi connectivity index (χ3v) is 5.75. The standard InChI is InChI=1S/C25H36N4O2/c1-17-10-9-11-20(26-17)19(3)28-30-15-24(6,7)16-31-29-22-14-25(22,8)21-13-23(4,5)12-18(2)27-21/h9-12H,13-16H2,1-8H3/b28-19+,29-22?. The van der Waals surface area contributed by atoms with Crippen LogP contribution in [0.25, 0.3) is 0 Å². The number of aryl methyl sites for hydroxylation is 1. The summed E-state index contributed by atoms with van der Waals surface area (Å²) < 4.78 is 0. The average Bonchev–Trinajstić information content (AvgIpc) is 3.31. The highest BCUT2D eigenvalue weighted by atomic mass is 16.6. The Morgan fingerprint density at radius 1 is 1.10 bits per heavy atom. The van der Waals surface area contributed by atoms with Crippen LogP contribution in [0.2, 0.25) is 0 Å². The summed E-state index contributed by atoms with van der Waals surface area (Å²) in [5, 5.41) is 8.66. The van der Waals surface area contributed by atoms with Crippen molar-refractivity contribution in [2.75, 3.05) is 13.2 Å². The quantitative estimate of drug-likeness (QED) is 0.396. The molecule has 0 bridgehead atoms. The molecule has 1 aliphatic carbocycles. The van der Waals surface area contributed by atoms with Crippen molar-refractivity contribution in [3.63, 3.8) is 0 Å². The molecule has 6 nitrogen and oxygen atoms in total. The van der Waals surface area contributed by atoms with Crippen LogP contribution in [-0.4, -0.2) is 35.3 Å². The largest absolute Gasteiger partial charge is 0.395 e. The summed E-state index contributed by atoms with van der Waals surface area (Å²) in [6.45, 7) is 17.7. The van der Waals surface area contributed by atoms with Crippen molar-refractivity contribution in [2.45, 2.75) is 68.2 Å². The van der Waals surface area contributed by atoms with Crippen molar-refractivity contribution >= 4 is 17.1 Å². The van der Waals surface area contributed by atoms with E-state index >= 15 is 0 Å². The van der Waals surface area contributed by atoms with Crippen molar-refractivity contribution in [3.05, 3.63) is 41.4 Å². The molecule has 1 fully saturated rings. The van der Waals surface area contributed by atoms with Crippen LogP contribution in [0, 0.1) is 23.2 Å². The number of hydrogen-bond acceptors (Lipinski definition) is 6. The van der Waals surface area contributed by atoms with Crippen molar-refractivity contribution in [2.24, 2.45) is 31.5 Å². The molecule has 2 heterocycles. The Morgan fingerprint density at radius 3 is 2.48 bits per heavy atom. The summed E-state index contributed by atoms with van der Waals surface area (Å²) in [5.41, 5.74) is 5.80. The molecule has 1 aliphatic heterocycles. The number of aromatic nitrogens is 1. The summed E-state index contributed by atoms with van der Waals surface area (Å²) in [4.78, 5) is 20.6. The van der Waals surface area contributed by atoms with E-state index in [0.29, 0.717) is 13.2 Å². The first-order valence-electron chi connectivity index (χ1n) is 11.0. The fraction of sp³-hybridized carbons (Fsp3) is 0.600. The molecule has 1 unspecified atom stereocenters. The van der Waals surface area contributed by atoms with Gasteiger partial charge in [-0.25, -0.2) is 0 Å². The van der Waals surface area contributed by atoms with Crippen LogP contribution in [0.4, 0.5) is 0 Å². The molecule has 0 aromatic carbocycles. The van der Waals surface area contributed by atoms with Gasteiger partial charge < -0.3 is 9.68 Å². The van der Waals surface area contributed by atoms with Gasteiger partial charge in [-0.05, 0) is 51.7 Å². The van der Waals surface area contributed by atoms with E-state index in [4.69, 9.17) is 14.7 Å². The smallest absolute Gasteiger partial charge is 0.125 e. The van der Waals surface area contributed by atoms with Crippen LogP contribution in [0.15, 0.2) is 45.3 Å². The van der Waals surface area contributed by atoms with Crippen LogP contribution in [0.5, 0.6) is 0 Å². The molecular formula is C25H36N4O2. The number of nitrogens with zero attached hydrogens (tertiary/aromatic N) is 4. The van der Waals surface area contributed by atoms with Gasteiger partial charge in [0, 0.05) is 28.9 Å². The highest BCUT2D eigenvalue weighted by Gasteiger charge is 2.53. The Kier molecular flexibility index (Phi) is 6.40. The third-order valence-electron chi connectivity index (χ3n) is 5.75. The highest BCUT2D eigenvalue weighted by molar-refractivity contribution is 6.23. The molecule has 31 heavy (non-hydrogen) atoms. The summed E-state index contributed by atoms with van der Waals surface area (Å²) >= 11 is 0. The van der Waals surface area contributed by atoms with Gasteiger partial charge in [0.05, 0.1) is 16.8 Å². The van der Waals surface area contributed by atoms with E-state index in [-0.39, 0.29) is 16.2 Å². The van der Waals surface area contributed by atoms with Crippen LogP contribution < -0.4 is 0 Å². The summed E-state index contributed by atoms with van der Waals surface area (Å²) in [6.07, 6.45) is 4.13. The molecule has 0 saturated heterocycles. The zero-order valence-electron chi connectivity index (χ0n) is 20.2. The minimum absolute atomic E-state index is 0.0599. The fourth-order valence-corrected chi connectivity index (χ4v) is 3.77. The highest BCUT2D eigenvalue weighted by Crippen LogP contribution is 2.48. The first-order valence-corrected chi connectivity index (χ1v) is 11.0. The lowest BCUT2D eigenvalue weighted by Gasteiger charge is -2.28. The Hall–Kier alpha value is -2.50. The van der Waals surface area contributed by atoms with Crippen LogP contribution in [-0.2, 0) is 9.68 Å². The van der Waals surface area contributed by atoms with Crippen LogP contribution in [0.3, 0.4) is 0 Å². The first kappa shape index (κ1) is 23.2. The van der Waals surface area contributed by atoms with Gasteiger partial charge in [-0.1, -0.05) is 50.1 Å². The molecule has 3 rings (SSSR count). The Balaban J connectivity index is 1.50. The monoisotopic (exact) mass is 424 g/mol. The lowest BCUT2D eigenvalue weighted by Crippen LogP contribution is -2.26. The van der Waals surface area contributed by atoms with Gasteiger partial charge >= 0.3 is 0 Å². The SMILES string of the molecule is CC1=CC(C)(C)CC(C2(C)CC2=NOCC(C)(C)CO/N=C(\C)c2cccc(C)n2)=N1. The van der Waals surface area contributed by atoms with Crippen molar-refractivity contribution < 1.29 is 9.68 Å². The molecule has 6 heteroatoms. The van der Waals surface area contributed by atoms with Crippen molar-refractivity contribution in [3.8, 4) is 0 Å². The zero-order chi connectivity index (χ0) is 22.9. The first-order chi connectivity index (χ1) is 14.4. The summed E-state index contributed by atoms with van der Waals surface area (Å²) in [7, 11) is 0. The van der Waals surface area contributed by atoms with E-state index in [1.54, 1.807) is 0 Å². The number of aliphatic imine (C=N–C) groups is 1. The van der Waals surface area contributed by atoms with E-state index < -0.39 is 0 Å². The van der Waals surface area contributed by atoms with Crippen LogP contribution >= 0.6 is 0 Å². The molecule has 0 amide bonds. The number of rotatable bonds is 8. The lowest BCUT2D eigenvalue weighted by molar-refractivity contribution is 0.0000928. The van der Waals surface area contributed by atoms with E-state index in [1.165, 1.54) is 5.71 Å². The van der Waals surface area contributed by atoms with Gasteiger partial charge in [0.1, 0.15) is 18.9 Å². The molecule has 0 radical (unpaired) electrons. The van der Waals surface area contributed by atoms with Gasteiger partial charge in [-0.3, -0.25) is 9.98 Å². The Labute approximate surface area is 186 Å². The van der Waals surface area contributed by atoms with Gasteiger partial charge in [0.25, 0.3) is 0 Å². The number of pyridine rings is 1. The predicted molar refractivity (Wildman–Crippen MR) is 127 cm³/mol. The molecule has 1 saturated carbocycles. The normalized spacial score (nSPS) is 24.5. The second-order valence-electron chi connectivity index (χ2n) is 10.6. The van der Waals surface area contributed by atoms with Gasteiger partial charge in [-0.15, -0.1) is 0 Å². The van der Waals surface area contributed by atoms with Gasteiger partial charge in [-0.2, -0.15) is 0 Å². The molecule has 0 spiro atoms. The van der Waals surface area contributed by atoms with E-state index in [1.807, 2.05) is 32.0 Å². The van der Waals surface area contributed by atoms with Crippen molar-refractivity contribution in [1.29, 1.82) is 0 Å². The number of hydrogen-bond donors (Lipinski definition) is 0. The van der Waals surface area contributed by atoms with Crippen molar-refractivity contribution in [1.82, 2.24) is 4.98 Å². The average molecular weight is 425 g/mol. The lowest BCUT2D eigenvalue weighted by atomic mass is 9.80. The molecule has 1 atom stereocenters. The molecule has 0 N–H and O–H groups in total. The number of allylic oxidation sites excluding steroid dienone is 2. The predicted octanol–water partition coefficient (Wildman–Crippen LogP) is 5.71. The maximum absolute atomic E-state index is 5.72. The number of oxime groups is 2. The zero-order valence-corrected chi connectivity index (χ0v) is 20.2. The molecule has 168 valence electrons. The molecule has 1 aromatic rings. The summed E-state index contributed by atoms with van der Waals surface area (Å²) in [5.74, 6) is 0. The Morgan fingerprint density at radius 2 is 1.81 bits per heavy atom. The van der Waals surface area contributed by atoms with Gasteiger partial charge in [0.2, 0.25) is 0 Å². The fourth-order valence-electron chi connectivity index (χ4n) is 3.77.